The summed E-state index contributed by atoms with van der Waals surface area (Å²) in [7, 11) is 0. The van der Waals surface area contributed by atoms with Crippen molar-refractivity contribution in [2.45, 2.75) is 59.4 Å². The Morgan fingerprint density at radius 1 is 1.25 bits per heavy atom. The topological polar surface area (TPSA) is 3.24 Å². The van der Waals surface area contributed by atoms with Gasteiger partial charge >= 0.3 is 0 Å². The molecule has 0 saturated heterocycles. The Bertz CT molecular complexity index is 191. The molecule has 1 atom stereocenters. The zero-order chi connectivity index (χ0) is 12.2. The van der Waals surface area contributed by atoms with Gasteiger partial charge in [-0.05, 0) is 30.7 Å². The van der Waals surface area contributed by atoms with E-state index in [-0.39, 0.29) is 0 Å². The van der Waals surface area contributed by atoms with E-state index in [2.05, 4.69) is 48.5 Å². The van der Waals surface area contributed by atoms with Gasteiger partial charge in [0.25, 0.3) is 0 Å². The first-order valence-corrected chi connectivity index (χ1v) is 7.91. The summed E-state index contributed by atoms with van der Waals surface area (Å²) in [6.07, 6.45) is 5.73. The van der Waals surface area contributed by atoms with Crippen LogP contribution in [0, 0.1) is 11.3 Å². The summed E-state index contributed by atoms with van der Waals surface area (Å²) in [5, 5.41) is 1.12. The third kappa shape index (κ3) is 4.03. The van der Waals surface area contributed by atoms with E-state index in [1.54, 1.807) is 0 Å². The highest BCUT2D eigenvalue weighted by Crippen LogP contribution is 2.31. The van der Waals surface area contributed by atoms with Gasteiger partial charge in [0.05, 0.1) is 0 Å². The van der Waals surface area contributed by atoms with Crippen LogP contribution in [-0.2, 0) is 0 Å². The zero-order valence-electron chi connectivity index (χ0n) is 11.4. The number of rotatable bonds is 5. The van der Waals surface area contributed by atoms with Crippen LogP contribution in [0.25, 0.3) is 0 Å². The number of nitrogens with zero attached hydrogens (tertiary/aromatic N) is 1. The quantitative estimate of drug-likeness (QED) is 0.682. The van der Waals surface area contributed by atoms with E-state index in [9.17, 15) is 0 Å². The summed E-state index contributed by atoms with van der Waals surface area (Å²) in [5.74, 6) is 0.757. The van der Waals surface area contributed by atoms with Gasteiger partial charge in [-0.25, -0.2) is 0 Å². The Morgan fingerprint density at radius 2 is 1.81 bits per heavy atom. The molecule has 0 amide bonds. The Morgan fingerprint density at radius 3 is 2.19 bits per heavy atom. The van der Waals surface area contributed by atoms with E-state index in [4.69, 9.17) is 0 Å². The fourth-order valence-electron chi connectivity index (χ4n) is 2.64. The molecule has 2 heteroatoms. The molecule has 1 aliphatic rings. The number of halogens is 1. The first-order valence-electron chi connectivity index (χ1n) is 6.79. The van der Waals surface area contributed by atoms with E-state index in [0.717, 1.165) is 17.3 Å². The van der Waals surface area contributed by atoms with Crippen molar-refractivity contribution in [2.75, 3.05) is 18.4 Å². The van der Waals surface area contributed by atoms with Gasteiger partial charge in [0.15, 0.2) is 0 Å². The second kappa shape index (κ2) is 6.39. The minimum absolute atomic E-state index is 0.412. The second-order valence-corrected chi connectivity index (χ2v) is 6.89. The van der Waals surface area contributed by atoms with Crippen molar-refractivity contribution in [2.24, 2.45) is 11.3 Å². The van der Waals surface area contributed by atoms with Gasteiger partial charge in [0.1, 0.15) is 0 Å². The van der Waals surface area contributed by atoms with E-state index >= 15 is 0 Å². The number of hydrogen-bond donors (Lipinski definition) is 0. The van der Waals surface area contributed by atoms with Crippen LogP contribution < -0.4 is 0 Å². The van der Waals surface area contributed by atoms with Crippen molar-refractivity contribution >= 4 is 15.9 Å². The largest absolute Gasteiger partial charge is 0.300 e. The summed E-state index contributed by atoms with van der Waals surface area (Å²) >= 11 is 3.69. The highest BCUT2D eigenvalue weighted by atomic mass is 79.9. The van der Waals surface area contributed by atoms with Crippen LogP contribution >= 0.6 is 15.9 Å². The molecule has 0 aliphatic heterocycles. The third-order valence-electron chi connectivity index (χ3n) is 4.11. The van der Waals surface area contributed by atoms with Gasteiger partial charge in [-0.15, -0.1) is 0 Å². The van der Waals surface area contributed by atoms with Gasteiger partial charge in [-0.3, -0.25) is 0 Å². The van der Waals surface area contributed by atoms with Crippen molar-refractivity contribution in [3.05, 3.63) is 0 Å². The van der Waals surface area contributed by atoms with Crippen molar-refractivity contribution in [3.63, 3.8) is 0 Å². The average Bonchev–Trinajstić information content (AvgIpc) is 2.70. The first kappa shape index (κ1) is 14.5. The average molecular weight is 290 g/mol. The summed E-state index contributed by atoms with van der Waals surface area (Å²) < 4.78 is 0. The smallest absolute Gasteiger partial charge is 0.00952 e. The Hall–Kier alpha value is 0.440. The second-order valence-electron chi connectivity index (χ2n) is 6.24. The Labute approximate surface area is 110 Å². The molecule has 1 unspecified atom stereocenters. The molecule has 0 aromatic carbocycles. The van der Waals surface area contributed by atoms with Gasteiger partial charge in [-0.1, -0.05) is 56.5 Å². The third-order valence-corrected chi connectivity index (χ3v) is 4.89. The summed E-state index contributed by atoms with van der Waals surface area (Å²) in [6.45, 7) is 11.9. The van der Waals surface area contributed by atoms with E-state index in [1.165, 1.54) is 38.8 Å². The predicted molar refractivity (Wildman–Crippen MR) is 76.2 cm³/mol. The number of hydrogen-bond acceptors (Lipinski definition) is 1. The molecular weight excluding hydrogens is 262 g/mol. The molecule has 0 aromatic rings. The monoisotopic (exact) mass is 289 g/mol. The number of alkyl halides is 1. The summed E-state index contributed by atoms with van der Waals surface area (Å²) in [6, 6.07) is 0.869. The molecule has 96 valence electrons. The molecule has 1 nitrogen and oxygen atoms in total. The molecule has 1 saturated carbocycles. The maximum atomic E-state index is 3.69. The van der Waals surface area contributed by atoms with Gasteiger partial charge in [0, 0.05) is 17.9 Å². The molecule has 0 N–H and O–H groups in total. The van der Waals surface area contributed by atoms with E-state index in [1.807, 2.05) is 0 Å². The zero-order valence-corrected chi connectivity index (χ0v) is 13.0. The fraction of sp³-hybridized carbons (Fsp3) is 1.00. The maximum Gasteiger partial charge on any atom is 0.00952 e. The predicted octanol–water partition coefficient (Wildman–Crippen LogP) is 4.31. The van der Waals surface area contributed by atoms with Crippen LogP contribution in [0.2, 0.25) is 0 Å². The Kier molecular flexibility index (Phi) is 5.79. The molecule has 0 aromatic heterocycles. The summed E-state index contributed by atoms with van der Waals surface area (Å²) in [5.41, 5.74) is 0.412. The lowest BCUT2D eigenvalue weighted by molar-refractivity contribution is 0.132. The molecular formula is C14H28BrN. The lowest BCUT2D eigenvalue weighted by atomic mass is 9.81. The molecule has 1 rings (SSSR count). The van der Waals surface area contributed by atoms with Crippen molar-refractivity contribution in [1.29, 1.82) is 0 Å². The fourth-order valence-corrected chi connectivity index (χ4v) is 3.82. The summed E-state index contributed by atoms with van der Waals surface area (Å²) in [4.78, 5) is 2.71. The molecule has 1 fully saturated rings. The molecule has 0 bridgehead atoms. The lowest BCUT2D eigenvalue weighted by Crippen LogP contribution is -2.41. The lowest BCUT2D eigenvalue weighted by Gasteiger charge is -2.36. The SMILES string of the molecule is CCN(CC(CBr)C(C)(C)C)C1CCCC1. The van der Waals surface area contributed by atoms with E-state index < -0.39 is 0 Å². The minimum atomic E-state index is 0.412. The van der Waals surface area contributed by atoms with Gasteiger partial charge in [-0.2, -0.15) is 0 Å². The standard InChI is InChI=1S/C14H28BrN/c1-5-16(13-8-6-7-9-13)11-12(10-15)14(2,3)4/h12-13H,5-11H2,1-4H3. The van der Waals surface area contributed by atoms with Crippen LogP contribution in [0.3, 0.4) is 0 Å². The highest BCUT2D eigenvalue weighted by molar-refractivity contribution is 9.09. The normalized spacial score (nSPS) is 20.6. The molecule has 0 heterocycles. The van der Waals surface area contributed by atoms with Crippen LogP contribution in [0.4, 0.5) is 0 Å². The van der Waals surface area contributed by atoms with Crippen molar-refractivity contribution in [1.82, 2.24) is 4.90 Å². The van der Waals surface area contributed by atoms with E-state index in [0.29, 0.717) is 5.41 Å². The van der Waals surface area contributed by atoms with Crippen LogP contribution in [-0.4, -0.2) is 29.4 Å². The molecule has 0 spiro atoms. The van der Waals surface area contributed by atoms with Crippen molar-refractivity contribution < 1.29 is 0 Å². The highest BCUT2D eigenvalue weighted by Gasteiger charge is 2.29. The van der Waals surface area contributed by atoms with Crippen molar-refractivity contribution in [3.8, 4) is 0 Å². The molecule has 16 heavy (non-hydrogen) atoms. The molecule has 1 aliphatic carbocycles. The molecule has 0 radical (unpaired) electrons. The maximum absolute atomic E-state index is 3.69. The minimum Gasteiger partial charge on any atom is -0.300 e. The van der Waals surface area contributed by atoms with Crippen LogP contribution in [0.5, 0.6) is 0 Å². The van der Waals surface area contributed by atoms with Gasteiger partial charge < -0.3 is 4.90 Å². The van der Waals surface area contributed by atoms with Crippen LogP contribution in [0.1, 0.15) is 53.4 Å². The Balaban J connectivity index is 2.53. The van der Waals surface area contributed by atoms with Crippen LogP contribution in [0.15, 0.2) is 0 Å². The van der Waals surface area contributed by atoms with Gasteiger partial charge in [0.2, 0.25) is 0 Å². The first-order chi connectivity index (χ1) is 7.49.